The Kier molecular flexibility index (Phi) is 5.17. The topological polar surface area (TPSA) is 44.3 Å². The lowest BCUT2D eigenvalue weighted by atomic mass is 10.0. The zero-order chi connectivity index (χ0) is 14.5. The quantitative estimate of drug-likeness (QED) is 0.892. The van der Waals surface area contributed by atoms with Gasteiger partial charge >= 0.3 is 0 Å². The number of aryl methyl sites for hydroxylation is 1. The third-order valence-corrected chi connectivity index (χ3v) is 3.72. The van der Waals surface area contributed by atoms with Crippen LogP contribution >= 0.6 is 0 Å². The SMILES string of the molecule is Cc1cc(NCCN2CCC[C@@H](C)C2)nc(N(C)C)n1. The van der Waals surface area contributed by atoms with Gasteiger partial charge in [0, 0.05) is 45.5 Å². The summed E-state index contributed by atoms with van der Waals surface area (Å²) in [5.74, 6) is 2.52. The minimum absolute atomic E-state index is 0.763. The van der Waals surface area contributed by atoms with Crippen molar-refractivity contribution in [2.45, 2.75) is 26.7 Å². The molecule has 20 heavy (non-hydrogen) atoms. The molecule has 0 amide bonds. The molecule has 0 unspecified atom stereocenters. The fourth-order valence-electron chi connectivity index (χ4n) is 2.68. The van der Waals surface area contributed by atoms with Gasteiger partial charge in [0.2, 0.25) is 5.95 Å². The molecule has 1 saturated heterocycles. The van der Waals surface area contributed by atoms with Crippen LogP contribution in [0.2, 0.25) is 0 Å². The Morgan fingerprint density at radius 1 is 1.40 bits per heavy atom. The van der Waals surface area contributed by atoms with Crippen LogP contribution in [0.5, 0.6) is 0 Å². The van der Waals surface area contributed by atoms with E-state index in [0.717, 1.165) is 36.5 Å². The van der Waals surface area contributed by atoms with Crippen molar-refractivity contribution < 1.29 is 0 Å². The molecule has 1 fully saturated rings. The summed E-state index contributed by atoms with van der Waals surface area (Å²) in [6.07, 6.45) is 2.71. The average Bonchev–Trinajstić information content (AvgIpc) is 2.38. The number of piperidine rings is 1. The van der Waals surface area contributed by atoms with Crippen molar-refractivity contribution in [2.24, 2.45) is 5.92 Å². The molecule has 0 aromatic carbocycles. The van der Waals surface area contributed by atoms with Gasteiger partial charge in [-0.05, 0) is 32.2 Å². The monoisotopic (exact) mass is 277 g/mol. The Hall–Kier alpha value is -1.36. The van der Waals surface area contributed by atoms with Crippen LogP contribution in [0.15, 0.2) is 6.07 Å². The summed E-state index contributed by atoms with van der Waals surface area (Å²) in [5.41, 5.74) is 0.998. The first kappa shape index (κ1) is 15.0. The maximum absolute atomic E-state index is 4.52. The zero-order valence-corrected chi connectivity index (χ0v) is 13.2. The van der Waals surface area contributed by atoms with Gasteiger partial charge in [0.15, 0.2) is 0 Å². The molecule has 0 saturated carbocycles. The van der Waals surface area contributed by atoms with Gasteiger partial charge in [-0.25, -0.2) is 4.98 Å². The van der Waals surface area contributed by atoms with Gasteiger partial charge in [0.1, 0.15) is 5.82 Å². The lowest BCUT2D eigenvalue weighted by molar-refractivity contribution is 0.190. The molecule has 1 aromatic heterocycles. The van der Waals surface area contributed by atoms with Gasteiger partial charge in [0.25, 0.3) is 0 Å². The van der Waals surface area contributed by atoms with Crippen LogP contribution in [0.3, 0.4) is 0 Å². The van der Waals surface area contributed by atoms with Crippen molar-refractivity contribution in [2.75, 3.05) is 50.5 Å². The summed E-state index contributed by atoms with van der Waals surface area (Å²) in [7, 11) is 3.93. The first-order chi connectivity index (χ1) is 9.54. The molecular weight excluding hydrogens is 250 g/mol. The summed E-state index contributed by atoms with van der Waals surface area (Å²) in [6, 6.07) is 2.01. The van der Waals surface area contributed by atoms with E-state index in [1.807, 2.05) is 32.0 Å². The normalized spacial score (nSPS) is 19.9. The van der Waals surface area contributed by atoms with Crippen molar-refractivity contribution >= 4 is 11.8 Å². The largest absolute Gasteiger partial charge is 0.369 e. The number of hydrogen-bond donors (Lipinski definition) is 1. The van der Waals surface area contributed by atoms with Crippen LogP contribution in [-0.4, -0.2) is 55.1 Å². The van der Waals surface area contributed by atoms with Gasteiger partial charge in [-0.1, -0.05) is 6.92 Å². The highest BCUT2D eigenvalue weighted by Crippen LogP contribution is 2.15. The minimum Gasteiger partial charge on any atom is -0.369 e. The number of rotatable bonds is 5. The molecule has 1 N–H and O–H groups in total. The maximum Gasteiger partial charge on any atom is 0.226 e. The van der Waals surface area contributed by atoms with Crippen molar-refractivity contribution in [3.05, 3.63) is 11.8 Å². The van der Waals surface area contributed by atoms with Crippen LogP contribution < -0.4 is 10.2 Å². The van der Waals surface area contributed by atoms with Gasteiger partial charge in [-0.15, -0.1) is 0 Å². The molecule has 5 nitrogen and oxygen atoms in total. The minimum atomic E-state index is 0.763. The molecule has 1 aliphatic rings. The summed E-state index contributed by atoms with van der Waals surface area (Å²) >= 11 is 0. The molecule has 5 heteroatoms. The second kappa shape index (κ2) is 6.88. The molecule has 0 spiro atoms. The molecule has 0 aliphatic carbocycles. The fraction of sp³-hybridized carbons (Fsp3) is 0.733. The lowest BCUT2D eigenvalue weighted by Gasteiger charge is -2.30. The standard InChI is InChI=1S/C15H27N5/c1-12-6-5-8-20(11-12)9-7-16-14-10-13(2)17-15(18-14)19(3)4/h10,12H,5-9,11H2,1-4H3,(H,16,17,18)/t12-/m1/s1. The zero-order valence-electron chi connectivity index (χ0n) is 13.2. The molecule has 0 radical (unpaired) electrons. The van der Waals surface area contributed by atoms with Crippen LogP contribution in [-0.2, 0) is 0 Å². The summed E-state index contributed by atoms with van der Waals surface area (Å²) < 4.78 is 0. The molecular formula is C15H27N5. The maximum atomic E-state index is 4.52. The Bertz CT molecular complexity index is 432. The van der Waals surface area contributed by atoms with E-state index in [9.17, 15) is 0 Å². The number of nitrogens with zero attached hydrogens (tertiary/aromatic N) is 4. The summed E-state index contributed by atoms with van der Waals surface area (Å²) in [5, 5.41) is 3.42. The van der Waals surface area contributed by atoms with Crippen molar-refractivity contribution in [3.63, 3.8) is 0 Å². The molecule has 1 atom stereocenters. The second-order valence-corrected chi connectivity index (χ2v) is 6.06. The first-order valence-electron chi connectivity index (χ1n) is 7.54. The summed E-state index contributed by atoms with van der Waals surface area (Å²) in [6.45, 7) is 8.84. The van der Waals surface area contributed by atoms with Crippen molar-refractivity contribution in [1.29, 1.82) is 0 Å². The van der Waals surface area contributed by atoms with Crippen molar-refractivity contribution in [3.8, 4) is 0 Å². The van der Waals surface area contributed by atoms with E-state index in [-0.39, 0.29) is 0 Å². The fourth-order valence-corrected chi connectivity index (χ4v) is 2.68. The number of hydrogen-bond acceptors (Lipinski definition) is 5. The highest BCUT2D eigenvalue weighted by Gasteiger charge is 2.15. The highest BCUT2D eigenvalue weighted by molar-refractivity contribution is 5.42. The van der Waals surface area contributed by atoms with Gasteiger partial charge in [-0.2, -0.15) is 4.98 Å². The predicted molar refractivity (Wildman–Crippen MR) is 84.4 cm³/mol. The lowest BCUT2D eigenvalue weighted by Crippen LogP contribution is -2.37. The first-order valence-corrected chi connectivity index (χ1v) is 7.54. The third kappa shape index (κ3) is 4.34. The number of likely N-dealkylation sites (tertiary alicyclic amines) is 1. The molecule has 0 bridgehead atoms. The number of aromatic nitrogens is 2. The van der Waals surface area contributed by atoms with E-state index < -0.39 is 0 Å². The Labute approximate surface area is 122 Å². The number of nitrogens with one attached hydrogen (secondary N) is 1. The van der Waals surface area contributed by atoms with Gasteiger partial charge in [-0.3, -0.25) is 0 Å². The van der Waals surface area contributed by atoms with Crippen LogP contribution in [0.1, 0.15) is 25.5 Å². The molecule has 1 aromatic rings. The second-order valence-electron chi connectivity index (χ2n) is 6.06. The third-order valence-electron chi connectivity index (χ3n) is 3.72. The highest BCUT2D eigenvalue weighted by atomic mass is 15.2. The van der Waals surface area contributed by atoms with Crippen LogP contribution in [0.4, 0.5) is 11.8 Å². The molecule has 1 aliphatic heterocycles. The Morgan fingerprint density at radius 3 is 2.90 bits per heavy atom. The summed E-state index contributed by atoms with van der Waals surface area (Å²) in [4.78, 5) is 13.4. The molecule has 2 rings (SSSR count). The van der Waals surface area contributed by atoms with E-state index in [1.165, 1.54) is 25.9 Å². The average molecular weight is 277 g/mol. The predicted octanol–water partition coefficient (Wildman–Crippen LogP) is 1.99. The smallest absolute Gasteiger partial charge is 0.226 e. The van der Waals surface area contributed by atoms with Gasteiger partial charge in [0.05, 0.1) is 0 Å². The van der Waals surface area contributed by atoms with E-state index in [1.54, 1.807) is 0 Å². The molecule has 112 valence electrons. The van der Waals surface area contributed by atoms with E-state index in [4.69, 9.17) is 0 Å². The van der Waals surface area contributed by atoms with Crippen LogP contribution in [0.25, 0.3) is 0 Å². The van der Waals surface area contributed by atoms with E-state index in [0.29, 0.717) is 0 Å². The Balaban J connectivity index is 1.84. The Morgan fingerprint density at radius 2 is 2.20 bits per heavy atom. The number of anilines is 2. The molecule has 2 heterocycles. The van der Waals surface area contributed by atoms with Crippen LogP contribution in [0, 0.1) is 12.8 Å². The van der Waals surface area contributed by atoms with E-state index in [2.05, 4.69) is 27.1 Å². The van der Waals surface area contributed by atoms with Crippen molar-refractivity contribution in [1.82, 2.24) is 14.9 Å². The van der Waals surface area contributed by atoms with E-state index >= 15 is 0 Å². The van der Waals surface area contributed by atoms with Gasteiger partial charge < -0.3 is 15.1 Å².